The molecule has 0 aliphatic carbocycles. The molecular formula is C26H42N2O6. The predicted molar refractivity (Wildman–Crippen MR) is 129 cm³/mol. The Bertz CT molecular complexity index is 722. The van der Waals surface area contributed by atoms with Gasteiger partial charge in [0.15, 0.2) is 5.78 Å². The molecule has 34 heavy (non-hydrogen) atoms. The fraction of sp³-hybridized carbons (Fsp3) is 0.769. The number of carbonyl (C=O) groups is 4. The van der Waals surface area contributed by atoms with E-state index in [0.29, 0.717) is 25.3 Å². The van der Waals surface area contributed by atoms with Crippen molar-refractivity contribution in [1.82, 2.24) is 10.6 Å². The van der Waals surface area contributed by atoms with Crippen molar-refractivity contribution in [3.05, 3.63) is 12.2 Å². The van der Waals surface area contributed by atoms with Crippen LogP contribution in [0.4, 0.5) is 0 Å². The molecular weight excluding hydrogens is 436 g/mol. The molecule has 2 saturated heterocycles. The van der Waals surface area contributed by atoms with Gasteiger partial charge < -0.3 is 20.1 Å². The van der Waals surface area contributed by atoms with Gasteiger partial charge in [-0.15, -0.1) is 0 Å². The highest BCUT2D eigenvalue weighted by atomic mass is 16.5. The second kappa shape index (κ2) is 14.9. The van der Waals surface area contributed by atoms with Gasteiger partial charge in [0.1, 0.15) is 12.6 Å². The monoisotopic (exact) mass is 478 g/mol. The van der Waals surface area contributed by atoms with Crippen molar-refractivity contribution in [3.8, 4) is 0 Å². The molecule has 0 aromatic heterocycles. The minimum absolute atomic E-state index is 0.0627. The number of hydrogen-bond acceptors (Lipinski definition) is 6. The summed E-state index contributed by atoms with van der Waals surface area (Å²) < 4.78 is 10.8. The van der Waals surface area contributed by atoms with Crippen molar-refractivity contribution in [3.63, 3.8) is 0 Å². The Morgan fingerprint density at radius 3 is 2.47 bits per heavy atom. The van der Waals surface area contributed by atoms with Gasteiger partial charge in [0.05, 0.1) is 12.2 Å². The van der Waals surface area contributed by atoms with Gasteiger partial charge in [-0.3, -0.25) is 19.2 Å². The zero-order valence-corrected chi connectivity index (χ0v) is 21.0. The molecule has 8 heteroatoms. The van der Waals surface area contributed by atoms with Gasteiger partial charge in [0, 0.05) is 32.2 Å². The largest absolute Gasteiger partial charge is 0.458 e. The second-order valence-corrected chi connectivity index (χ2v) is 9.53. The van der Waals surface area contributed by atoms with Crippen molar-refractivity contribution in [2.24, 2.45) is 11.8 Å². The lowest BCUT2D eigenvalue weighted by Gasteiger charge is -2.28. The van der Waals surface area contributed by atoms with Crippen LogP contribution in [0.2, 0.25) is 0 Å². The van der Waals surface area contributed by atoms with Crippen LogP contribution in [0.1, 0.15) is 85.0 Å². The standard InChI is InChI=1S/C26H42N2O6/c1-4-5-8-13-25(31)28-18(2)26(32)27-16-22-21(23-14-15-24(22)34-23)12-10-7-6-9-11-20(30)17-33-19(3)29/h7,10,18,21-24H,4-6,8-9,11-17H2,1-3H3,(H,27,32)(H,28,31)/t18?,21-,22+,23-,24+/m1/s1. The Labute approximate surface area is 203 Å². The summed E-state index contributed by atoms with van der Waals surface area (Å²) in [5.41, 5.74) is 0. The molecule has 2 N–H and O–H groups in total. The van der Waals surface area contributed by atoms with Crippen LogP contribution < -0.4 is 10.6 Å². The van der Waals surface area contributed by atoms with Gasteiger partial charge in [0.25, 0.3) is 0 Å². The normalized spacial score (nSPS) is 24.2. The highest BCUT2D eigenvalue weighted by Gasteiger charge is 2.48. The fourth-order valence-corrected chi connectivity index (χ4v) is 4.81. The molecule has 0 saturated carbocycles. The maximum Gasteiger partial charge on any atom is 0.303 e. The van der Waals surface area contributed by atoms with Gasteiger partial charge in [-0.25, -0.2) is 0 Å². The summed E-state index contributed by atoms with van der Waals surface area (Å²) in [6.07, 6.45) is 12.9. The zero-order chi connectivity index (χ0) is 24.9. The van der Waals surface area contributed by atoms with Gasteiger partial charge >= 0.3 is 5.97 Å². The first kappa shape index (κ1) is 28.0. The first-order valence-electron chi connectivity index (χ1n) is 12.8. The molecule has 2 amide bonds. The van der Waals surface area contributed by atoms with Gasteiger partial charge in [-0.1, -0.05) is 31.9 Å². The van der Waals surface area contributed by atoms with E-state index in [4.69, 9.17) is 9.47 Å². The summed E-state index contributed by atoms with van der Waals surface area (Å²) in [6, 6.07) is -0.546. The summed E-state index contributed by atoms with van der Waals surface area (Å²) in [4.78, 5) is 46.9. The number of nitrogens with one attached hydrogen (secondary N) is 2. The Kier molecular flexibility index (Phi) is 12.3. The van der Waals surface area contributed by atoms with Crippen LogP contribution in [-0.2, 0) is 28.7 Å². The molecule has 8 nitrogen and oxygen atoms in total. The Morgan fingerprint density at radius 2 is 1.76 bits per heavy atom. The van der Waals surface area contributed by atoms with Crippen molar-refractivity contribution in [1.29, 1.82) is 0 Å². The summed E-state index contributed by atoms with van der Waals surface area (Å²) in [6.45, 7) is 5.52. The molecule has 1 unspecified atom stereocenters. The minimum atomic E-state index is -0.546. The number of hydrogen-bond donors (Lipinski definition) is 2. The fourth-order valence-electron chi connectivity index (χ4n) is 4.81. The summed E-state index contributed by atoms with van der Waals surface area (Å²) in [7, 11) is 0. The van der Waals surface area contributed by atoms with Crippen LogP contribution in [-0.4, -0.2) is 55.0 Å². The van der Waals surface area contributed by atoms with E-state index in [0.717, 1.165) is 51.4 Å². The third-order valence-corrected chi connectivity index (χ3v) is 6.72. The quantitative estimate of drug-likeness (QED) is 0.200. The second-order valence-electron chi connectivity index (χ2n) is 9.53. The van der Waals surface area contributed by atoms with Crippen molar-refractivity contribution in [2.75, 3.05) is 13.2 Å². The number of esters is 1. The molecule has 192 valence electrons. The van der Waals surface area contributed by atoms with Crippen molar-refractivity contribution >= 4 is 23.6 Å². The van der Waals surface area contributed by atoms with E-state index < -0.39 is 12.0 Å². The Balaban J connectivity index is 1.70. The lowest BCUT2D eigenvalue weighted by atomic mass is 9.77. The van der Waals surface area contributed by atoms with E-state index in [2.05, 4.69) is 29.7 Å². The van der Waals surface area contributed by atoms with E-state index in [1.807, 2.05) is 0 Å². The van der Waals surface area contributed by atoms with E-state index in [1.165, 1.54) is 6.92 Å². The van der Waals surface area contributed by atoms with Crippen LogP contribution in [0.15, 0.2) is 12.2 Å². The number of carbonyl (C=O) groups excluding carboxylic acids is 4. The molecule has 2 aliphatic rings. The van der Waals surface area contributed by atoms with Crippen molar-refractivity contribution < 1.29 is 28.7 Å². The highest BCUT2D eigenvalue weighted by molar-refractivity contribution is 5.87. The molecule has 2 fully saturated rings. The number of allylic oxidation sites excluding steroid dienone is 2. The van der Waals surface area contributed by atoms with Crippen molar-refractivity contribution in [2.45, 2.75) is 103 Å². The number of Topliss-reactive ketones (excluding diaryl/α,β-unsaturated/α-hetero) is 1. The summed E-state index contributed by atoms with van der Waals surface area (Å²) in [5, 5.41) is 5.82. The molecule has 0 aromatic carbocycles. The first-order valence-corrected chi connectivity index (χ1v) is 12.8. The van der Waals surface area contributed by atoms with Crippen LogP contribution in [0, 0.1) is 11.8 Å². The highest BCUT2D eigenvalue weighted by Crippen LogP contribution is 2.44. The maximum atomic E-state index is 12.5. The molecule has 2 heterocycles. The lowest BCUT2D eigenvalue weighted by molar-refractivity contribution is -0.145. The molecule has 2 rings (SSSR count). The number of ether oxygens (including phenoxy) is 2. The van der Waals surface area contributed by atoms with Crippen LogP contribution >= 0.6 is 0 Å². The van der Waals surface area contributed by atoms with E-state index in [9.17, 15) is 19.2 Å². The van der Waals surface area contributed by atoms with Crippen LogP contribution in [0.25, 0.3) is 0 Å². The minimum Gasteiger partial charge on any atom is -0.458 e. The molecule has 2 aliphatic heterocycles. The zero-order valence-electron chi connectivity index (χ0n) is 21.0. The van der Waals surface area contributed by atoms with E-state index >= 15 is 0 Å². The SMILES string of the molecule is CCCCCC(=O)NC(C)C(=O)NC[C@H]1[C@@H](CC=CCCCC(=O)COC(C)=O)[C@H]2CC[C@@H]1O2. The number of rotatable bonds is 16. The molecule has 5 atom stereocenters. The molecule has 0 radical (unpaired) electrons. The molecule has 0 spiro atoms. The number of amides is 2. The maximum absolute atomic E-state index is 12.5. The van der Waals surface area contributed by atoms with Gasteiger partial charge in [-0.2, -0.15) is 0 Å². The van der Waals surface area contributed by atoms with Gasteiger partial charge in [0.2, 0.25) is 11.8 Å². The number of unbranched alkanes of at least 4 members (excludes halogenated alkanes) is 3. The molecule has 0 aromatic rings. The third kappa shape index (κ3) is 9.57. The van der Waals surface area contributed by atoms with Crippen LogP contribution in [0.3, 0.4) is 0 Å². The van der Waals surface area contributed by atoms with E-state index in [1.54, 1.807) is 6.92 Å². The smallest absolute Gasteiger partial charge is 0.303 e. The third-order valence-electron chi connectivity index (χ3n) is 6.72. The average molecular weight is 479 g/mol. The molecule has 2 bridgehead atoms. The number of fused-ring (bicyclic) bond motifs is 2. The Hall–Kier alpha value is -2.22. The summed E-state index contributed by atoms with van der Waals surface area (Å²) in [5.74, 6) is -0.0966. The topological polar surface area (TPSA) is 111 Å². The number of ketones is 1. The first-order chi connectivity index (χ1) is 16.3. The Morgan fingerprint density at radius 1 is 1.03 bits per heavy atom. The predicted octanol–water partition coefficient (Wildman–Crippen LogP) is 3.23. The van der Waals surface area contributed by atoms with E-state index in [-0.39, 0.29) is 42.3 Å². The summed E-state index contributed by atoms with van der Waals surface area (Å²) >= 11 is 0. The van der Waals surface area contributed by atoms with Gasteiger partial charge in [-0.05, 0) is 51.4 Å². The average Bonchev–Trinajstić information content (AvgIpc) is 3.40. The van der Waals surface area contributed by atoms with Crippen LogP contribution in [0.5, 0.6) is 0 Å². The lowest BCUT2D eigenvalue weighted by Crippen LogP contribution is -2.47.